The predicted octanol–water partition coefficient (Wildman–Crippen LogP) is 5.31. The van der Waals surface area contributed by atoms with Gasteiger partial charge in [-0.1, -0.05) is 36.2 Å². The minimum Gasteiger partial charge on any atom is -0.487 e. The van der Waals surface area contributed by atoms with E-state index in [4.69, 9.17) is 28.5 Å². The Balaban J connectivity index is 1.71. The summed E-state index contributed by atoms with van der Waals surface area (Å²) < 4.78 is 31.4. The van der Waals surface area contributed by atoms with Crippen molar-refractivity contribution in [3.05, 3.63) is 77.7 Å². The Kier molecular flexibility index (Phi) is 15.3. The number of nitrogens with zero attached hydrogens (tertiary/aromatic N) is 3. The van der Waals surface area contributed by atoms with E-state index in [0.29, 0.717) is 30.1 Å². The molecule has 0 bridgehead atoms. The van der Waals surface area contributed by atoms with Gasteiger partial charge >= 0.3 is 6.09 Å². The van der Waals surface area contributed by atoms with Crippen molar-refractivity contribution < 1.29 is 48.6 Å². The van der Waals surface area contributed by atoms with Crippen LogP contribution in [0.5, 0.6) is 11.5 Å². The van der Waals surface area contributed by atoms with E-state index in [1.807, 2.05) is 37.3 Å². The molecule has 5 rings (SSSR count). The Labute approximate surface area is 318 Å². The number of aliphatic hydroxyl groups is 3. The van der Waals surface area contributed by atoms with Crippen LogP contribution < -0.4 is 9.47 Å². The van der Waals surface area contributed by atoms with Crippen molar-refractivity contribution in [3.8, 4) is 11.5 Å². The number of ether oxygens (including phenoxy) is 5. The first-order valence-corrected chi connectivity index (χ1v) is 19.1. The fraction of sp³-hybridized carbons (Fsp3) is 0.585. The molecule has 1 amide bonds. The Hall–Kier alpha value is -4.01. The normalized spacial score (nSPS) is 24.8. The maximum Gasteiger partial charge on any atom is 0.410 e. The van der Waals surface area contributed by atoms with Crippen LogP contribution in [-0.4, -0.2) is 109 Å². The van der Waals surface area contributed by atoms with Gasteiger partial charge in [0.25, 0.3) is 0 Å². The summed E-state index contributed by atoms with van der Waals surface area (Å²) in [4.78, 5) is 25.4. The minimum absolute atomic E-state index is 0.0639. The van der Waals surface area contributed by atoms with Crippen LogP contribution >= 0.6 is 0 Å². The number of pyridine rings is 1. The smallest absolute Gasteiger partial charge is 0.410 e. The van der Waals surface area contributed by atoms with Gasteiger partial charge in [-0.15, -0.1) is 6.58 Å². The Morgan fingerprint density at radius 3 is 2.57 bits per heavy atom. The van der Waals surface area contributed by atoms with Crippen molar-refractivity contribution in [3.63, 3.8) is 0 Å². The number of methoxy groups -OCH3 is 1. The van der Waals surface area contributed by atoms with Gasteiger partial charge in [0, 0.05) is 43.4 Å². The lowest BCUT2D eigenvalue weighted by Gasteiger charge is -2.59. The van der Waals surface area contributed by atoms with Crippen molar-refractivity contribution in [2.75, 3.05) is 60.4 Å². The number of fused-ring (bicyclic) bond motifs is 2. The highest BCUT2D eigenvalue weighted by Gasteiger charge is 2.65. The number of rotatable bonds is 21. The number of oxime groups is 1. The molecular formula is C41H57N3O10. The molecule has 1 saturated carbocycles. The number of carbonyl (C=O) groups excluding carboxylic acids is 1. The molecule has 13 nitrogen and oxygen atoms in total. The molecule has 1 fully saturated rings. The first-order chi connectivity index (χ1) is 26.3. The van der Waals surface area contributed by atoms with Crippen LogP contribution in [0.2, 0.25) is 0 Å². The second-order valence-electron chi connectivity index (χ2n) is 14.0. The summed E-state index contributed by atoms with van der Waals surface area (Å²) in [6, 6.07) is 10.9. The number of aromatic nitrogens is 1. The maximum absolute atomic E-state index is 13.7. The number of unbranched alkanes of at least 4 members (excludes halogenated alkanes) is 2. The van der Waals surface area contributed by atoms with Gasteiger partial charge in [0.05, 0.1) is 50.9 Å². The first-order valence-electron chi connectivity index (χ1n) is 19.1. The zero-order valence-corrected chi connectivity index (χ0v) is 31.9. The van der Waals surface area contributed by atoms with Gasteiger partial charge in [0.1, 0.15) is 31.3 Å². The number of carbonyl (C=O) groups is 1. The monoisotopic (exact) mass is 751 g/mol. The Morgan fingerprint density at radius 2 is 1.87 bits per heavy atom. The molecule has 13 heteroatoms. The molecule has 54 heavy (non-hydrogen) atoms. The lowest BCUT2D eigenvalue weighted by Crippen LogP contribution is -2.70. The number of hydrogen-bond donors (Lipinski definition) is 3. The van der Waals surface area contributed by atoms with Crippen molar-refractivity contribution in [2.24, 2.45) is 22.9 Å². The van der Waals surface area contributed by atoms with Crippen molar-refractivity contribution in [2.45, 2.75) is 76.2 Å². The number of benzene rings is 1. The summed E-state index contributed by atoms with van der Waals surface area (Å²) in [7, 11) is 2.84. The van der Waals surface area contributed by atoms with Crippen molar-refractivity contribution in [1.29, 1.82) is 0 Å². The Morgan fingerprint density at radius 1 is 1.07 bits per heavy atom. The molecule has 0 spiro atoms. The summed E-state index contributed by atoms with van der Waals surface area (Å²) >= 11 is 0. The van der Waals surface area contributed by atoms with Crippen LogP contribution in [0, 0.1) is 24.7 Å². The van der Waals surface area contributed by atoms with Gasteiger partial charge in [-0.25, -0.2) is 4.79 Å². The number of hydrogen-bond acceptors (Lipinski definition) is 12. The third-order valence-corrected chi connectivity index (χ3v) is 10.7. The highest BCUT2D eigenvalue weighted by atomic mass is 16.7. The molecule has 3 aliphatic rings. The van der Waals surface area contributed by atoms with Gasteiger partial charge in [-0.2, -0.15) is 0 Å². The minimum atomic E-state index is -1.42. The quantitative estimate of drug-likeness (QED) is 0.0862. The number of aryl methyl sites for hydroxylation is 1. The van der Waals surface area contributed by atoms with E-state index in [1.54, 1.807) is 11.0 Å². The van der Waals surface area contributed by atoms with Crippen LogP contribution in [0.1, 0.15) is 67.8 Å². The van der Waals surface area contributed by atoms with E-state index in [9.17, 15) is 20.1 Å². The lowest BCUT2D eigenvalue weighted by molar-refractivity contribution is -0.255. The van der Waals surface area contributed by atoms with E-state index in [-0.39, 0.29) is 77.0 Å². The second kappa shape index (κ2) is 20.1. The van der Waals surface area contributed by atoms with Gasteiger partial charge in [-0.05, 0) is 80.3 Å². The van der Waals surface area contributed by atoms with Crippen LogP contribution in [0.4, 0.5) is 4.79 Å². The van der Waals surface area contributed by atoms with E-state index in [2.05, 4.69) is 28.9 Å². The molecule has 3 N–H and O–H groups in total. The third kappa shape index (κ3) is 9.26. The highest BCUT2D eigenvalue weighted by Crippen LogP contribution is 2.62. The largest absolute Gasteiger partial charge is 0.487 e. The van der Waals surface area contributed by atoms with E-state index in [1.165, 1.54) is 14.2 Å². The zero-order valence-electron chi connectivity index (χ0n) is 31.9. The molecule has 0 saturated heterocycles. The van der Waals surface area contributed by atoms with Crippen molar-refractivity contribution >= 4 is 11.8 Å². The van der Waals surface area contributed by atoms with Gasteiger partial charge < -0.3 is 43.8 Å². The second-order valence-corrected chi connectivity index (χ2v) is 14.0. The van der Waals surface area contributed by atoms with E-state index >= 15 is 0 Å². The summed E-state index contributed by atoms with van der Waals surface area (Å²) in [5.41, 5.74) is 4.28. The molecule has 1 aromatic carbocycles. The predicted molar refractivity (Wildman–Crippen MR) is 202 cm³/mol. The number of amides is 1. The molecule has 1 aromatic heterocycles. The number of allylic oxidation sites excluding steroid dienone is 1. The lowest BCUT2D eigenvalue weighted by atomic mass is 9.55. The van der Waals surface area contributed by atoms with Crippen LogP contribution in [0.15, 0.2) is 65.9 Å². The zero-order chi connectivity index (χ0) is 38.5. The summed E-state index contributed by atoms with van der Waals surface area (Å²) in [6.07, 6.45) is 8.21. The number of aliphatic hydroxyl groups excluding tert-OH is 3. The molecule has 2 aliphatic carbocycles. The van der Waals surface area contributed by atoms with E-state index < -0.39 is 23.8 Å². The molecule has 2 aromatic rings. The fourth-order valence-electron chi connectivity index (χ4n) is 8.51. The molecule has 2 heterocycles. The average molecular weight is 752 g/mol. The molecule has 0 radical (unpaired) electrons. The van der Waals surface area contributed by atoms with E-state index in [0.717, 1.165) is 48.2 Å². The summed E-state index contributed by atoms with van der Waals surface area (Å²) in [5.74, 6) is -0.654. The van der Waals surface area contributed by atoms with Crippen LogP contribution in [-0.2, 0) is 25.7 Å². The molecule has 6 atom stereocenters. The van der Waals surface area contributed by atoms with Gasteiger partial charge in [0.2, 0.25) is 5.79 Å². The van der Waals surface area contributed by atoms with Crippen LogP contribution in [0.25, 0.3) is 0 Å². The standard InChI is InChI=1S/C41H57N3O10/c1-5-21-53-41-37(44(40(48)49-3)17-22-51-23-20-47)26-35(43-50-4)33-24-29(12-6-8-18-45)32(14-7-9-19-46)38(39(33)41)34-25-31(15-16-36(34)54-41)52-27-30-13-10-11-28(2)42-30/h5,10-11,13,15-16,24-25,29,32,37-39,45-47H,1,6-9,12,14,17-23,26-27H2,2-4H3. The van der Waals surface area contributed by atoms with Crippen LogP contribution in [0.3, 0.4) is 0 Å². The topological polar surface area (TPSA) is 162 Å². The molecule has 1 aliphatic heterocycles. The average Bonchev–Trinajstić information content (AvgIpc) is 3.18. The van der Waals surface area contributed by atoms with Gasteiger partial charge in [-0.3, -0.25) is 9.88 Å². The maximum atomic E-state index is 13.7. The molecule has 6 unspecified atom stereocenters. The molecular weight excluding hydrogens is 694 g/mol. The Bertz CT molecular complexity index is 1600. The summed E-state index contributed by atoms with van der Waals surface area (Å²) in [5, 5.41) is 33.5. The molecule has 296 valence electrons. The fourth-order valence-corrected chi connectivity index (χ4v) is 8.51. The van der Waals surface area contributed by atoms with Gasteiger partial charge in [0.15, 0.2) is 0 Å². The first kappa shape index (κ1) is 41.2. The third-order valence-electron chi connectivity index (χ3n) is 10.7. The van der Waals surface area contributed by atoms with Crippen molar-refractivity contribution in [1.82, 2.24) is 9.88 Å². The highest BCUT2D eigenvalue weighted by molar-refractivity contribution is 6.02. The SMILES string of the molecule is C=CCOC12Oc3ccc(OCc4cccc(C)n4)cc3C3C(CCCCO)C(CCCCO)C=C(C(=NOC)CC1N(CCOCCO)C(=O)OC)C32. The summed E-state index contributed by atoms with van der Waals surface area (Å²) in [6.45, 7) is 6.77.